The highest BCUT2D eigenvalue weighted by molar-refractivity contribution is 6.15. The second-order valence-corrected chi connectivity index (χ2v) is 6.96. The number of rotatable bonds is 5. The number of urea groups is 1. The lowest BCUT2D eigenvalue weighted by Crippen LogP contribution is -2.42. The van der Waals surface area contributed by atoms with Gasteiger partial charge in [-0.2, -0.15) is 0 Å². The zero-order valence-corrected chi connectivity index (χ0v) is 16.1. The van der Waals surface area contributed by atoms with E-state index in [0.717, 1.165) is 16.0 Å². The Hall–Kier alpha value is -3.22. The van der Waals surface area contributed by atoms with Crippen LogP contribution in [-0.4, -0.2) is 47.3 Å². The summed E-state index contributed by atoms with van der Waals surface area (Å²) in [5.74, 6) is -1.13. The number of likely N-dealkylation sites (N-methyl/N-ethyl adjacent to an activating group) is 1. The van der Waals surface area contributed by atoms with Gasteiger partial charge in [0.1, 0.15) is 18.4 Å². The fourth-order valence-corrected chi connectivity index (χ4v) is 3.12. The molecule has 2 aromatic carbocycles. The second-order valence-electron chi connectivity index (χ2n) is 6.96. The molecule has 4 amide bonds. The fraction of sp³-hybridized carbons (Fsp3) is 0.286. The Balaban J connectivity index is 1.69. The highest BCUT2D eigenvalue weighted by Crippen LogP contribution is 2.26. The fourth-order valence-electron chi connectivity index (χ4n) is 3.12. The molecule has 0 aliphatic carbocycles. The highest BCUT2D eigenvalue weighted by Gasteiger charge is 2.44. The summed E-state index contributed by atoms with van der Waals surface area (Å²) in [6, 6.07) is 11.9. The monoisotopic (exact) mass is 383 g/mol. The van der Waals surface area contributed by atoms with E-state index < -0.39 is 18.0 Å². The van der Waals surface area contributed by atoms with E-state index in [1.54, 1.807) is 38.2 Å². The van der Waals surface area contributed by atoms with Crippen molar-refractivity contribution in [3.05, 3.63) is 65.5 Å². The summed E-state index contributed by atoms with van der Waals surface area (Å²) in [5.41, 5.74) is 2.42. The Morgan fingerprint density at radius 1 is 1.07 bits per heavy atom. The number of anilines is 1. The summed E-state index contributed by atoms with van der Waals surface area (Å²) in [7, 11) is 1.58. The van der Waals surface area contributed by atoms with Gasteiger partial charge in [-0.15, -0.1) is 0 Å². The average molecular weight is 383 g/mol. The molecule has 1 fully saturated rings. The van der Waals surface area contributed by atoms with Crippen molar-refractivity contribution in [1.29, 1.82) is 0 Å². The van der Waals surface area contributed by atoms with Crippen LogP contribution in [0.25, 0.3) is 0 Å². The highest BCUT2D eigenvalue weighted by atomic mass is 19.1. The van der Waals surface area contributed by atoms with Crippen LogP contribution in [0.5, 0.6) is 0 Å². The molecule has 0 spiro atoms. The number of carbonyl (C=O) groups is 3. The lowest BCUT2D eigenvalue weighted by molar-refractivity contribution is -0.136. The number of imide groups is 1. The Morgan fingerprint density at radius 3 is 2.29 bits per heavy atom. The van der Waals surface area contributed by atoms with Crippen LogP contribution in [0.15, 0.2) is 48.5 Å². The van der Waals surface area contributed by atoms with Crippen LogP contribution in [0.1, 0.15) is 18.1 Å². The largest absolute Gasteiger partial charge is 0.340 e. The van der Waals surface area contributed by atoms with Crippen molar-refractivity contribution in [2.75, 3.05) is 18.5 Å². The van der Waals surface area contributed by atoms with Crippen LogP contribution >= 0.6 is 0 Å². The predicted molar refractivity (Wildman–Crippen MR) is 103 cm³/mol. The minimum atomic E-state index is -0.676. The number of aryl methyl sites for hydroxylation is 1. The first kappa shape index (κ1) is 19.5. The van der Waals surface area contributed by atoms with E-state index in [4.69, 9.17) is 0 Å². The first-order chi connectivity index (χ1) is 13.3. The second kappa shape index (κ2) is 7.80. The van der Waals surface area contributed by atoms with E-state index in [0.29, 0.717) is 5.69 Å². The maximum absolute atomic E-state index is 13.0. The number of carbonyl (C=O) groups excluding carboxylic acids is 3. The third kappa shape index (κ3) is 3.88. The number of nitrogens with zero attached hydrogens (tertiary/aromatic N) is 3. The summed E-state index contributed by atoms with van der Waals surface area (Å²) in [6.07, 6.45) is 0. The van der Waals surface area contributed by atoms with Gasteiger partial charge in [0.2, 0.25) is 5.91 Å². The van der Waals surface area contributed by atoms with Gasteiger partial charge >= 0.3 is 6.03 Å². The maximum Gasteiger partial charge on any atom is 0.332 e. The van der Waals surface area contributed by atoms with Crippen LogP contribution in [0, 0.1) is 12.7 Å². The molecule has 28 heavy (non-hydrogen) atoms. The van der Waals surface area contributed by atoms with E-state index in [9.17, 15) is 18.8 Å². The molecule has 1 heterocycles. The van der Waals surface area contributed by atoms with E-state index in [1.807, 2.05) is 19.1 Å². The molecule has 1 aliphatic rings. The molecule has 0 N–H and O–H groups in total. The Kier molecular flexibility index (Phi) is 5.44. The van der Waals surface area contributed by atoms with Crippen LogP contribution in [0.4, 0.5) is 14.9 Å². The quantitative estimate of drug-likeness (QED) is 0.746. The van der Waals surface area contributed by atoms with Gasteiger partial charge in [0.15, 0.2) is 0 Å². The molecule has 1 aliphatic heterocycles. The molecule has 146 valence electrons. The van der Waals surface area contributed by atoms with E-state index in [2.05, 4.69) is 0 Å². The van der Waals surface area contributed by atoms with Gasteiger partial charge < -0.3 is 4.90 Å². The first-order valence-corrected chi connectivity index (χ1v) is 8.97. The Morgan fingerprint density at radius 2 is 1.68 bits per heavy atom. The molecule has 1 saturated heterocycles. The van der Waals surface area contributed by atoms with Gasteiger partial charge in [0, 0.05) is 19.3 Å². The molecule has 0 aromatic heterocycles. The molecule has 1 atom stereocenters. The molecule has 7 heteroatoms. The van der Waals surface area contributed by atoms with Crippen LogP contribution in [0.2, 0.25) is 0 Å². The molecule has 6 nitrogen and oxygen atoms in total. The number of benzene rings is 2. The van der Waals surface area contributed by atoms with Gasteiger partial charge in [-0.1, -0.05) is 29.8 Å². The van der Waals surface area contributed by atoms with E-state index in [-0.39, 0.29) is 24.8 Å². The van der Waals surface area contributed by atoms with Crippen LogP contribution in [0.3, 0.4) is 0 Å². The minimum absolute atomic E-state index is 0.257. The SMILES string of the molecule is Cc1ccc(N2C(=O)N(CC(=O)N(C)Cc3ccc(F)cc3)C(=O)C2C)cc1. The summed E-state index contributed by atoms with van der Waals surface area (Å²) in [4.78, 5) is 41.7. The van der Waals surface area contributed by atoms with Crippen LogP contribution < -0.4 is 4.90 Å². The zero-order valence-electron chi connectivity index (χ0n) is 16.1. The van der Waals surface area contributed by atoms with E-state index in [1.165, 1.54) is 21.9 Å². The lowest BCUT2D eigenvalue weighted by Gasteiger charge is -2.21. The van der Waals surface area contributed by atoms with Crippen molar-refractivity contribution in [3.8, 4) is 0 Å². The Bertz CT molecular complexity index is 896. The third-order valence-electron chi connectivity index (χ3n) is 4.81. The first-order valence-electron chi connectivity index (χ1n) is 8.97. The number of hydrogen-bond acceptors (Lipinski definition) is 3. The van der Waals surface area contributed by atoms with Gasteiger partial charge in [-0.3, -0.25) is 19.4 Å². The molecule has 0 bridgehead atoms. The number of hydrogen-bond donors (Lipinski definition) is 0. The van der Waals surface area contributed by atoms with Crippen molar-refractivity contribution in [2.24, 2.45) is 0 Å². The molecule has 0 saturated carbocycles. The zero-order chi connectivity index (χ0) is 20.4. The average Bonchev–Trinajstić information content (AvgIpc) is 2.88. The van der Waals surface area contributed by atoms with E-state index >= 15 is 0 Å². The summed E-state index contributed by atoms with van der Waals surface area (Å²) >= 11 is 0. The van der Waals surface area contributed by atoms with Crippen molar-refractivity contribution in [1.82, 2.24) is 9.80 Å². The topological polar surface area (TPSA) is 60.9 Å². The van der Waals surface area contributed by atoms with Gasteiger partial charge in [-0.25, -0.2) is 9.18 Å². The number of amides is 4. The van der Waals surface area contributed by atoms with Crippen molar-refractivity contribution < 1.29 is 18.8 Å². The van der Waals surface area contributed by atoms with Crippen molar-refractivity contribution >= 4 is 23.5 Å². The standard InChI is InChI=1S/C21H22FN3O3/c1-14-4-10-18(11-5-14)25-15(2)20(27)24(21(25)28)13-19(26)23(3)12-16-6-8-17(22)9-7-16/h4-11,15H,12-13H2,1-3H3. The maximum atomic E-state index is 13.0. The molecule has 2 aromatic rings. The third-order valence-corrected chi connectivity index (χ3v) is 4.81. The smallest absolute Gasteiger partial charge is 0.332 e. The minimum Gasteiger partial charge on any atom is -0.340 e. The van der Waals surface area contributed by atoms with Crippen LogP contribution in [-0.2, 0) is 16.1 Å². The van der Waals surface area contributed by atoms with Gasteiger partial charge in [0.05, 0.1) is 0 Å². The summed E-state index contributed by atoms with van der Waals surface area (Å²) < 4.78 is 13.0. The van der Waals surface area contributed by atoms with Gasteiger partial charge in [-0.05, 0) is 43.7 Å². The van der Waals surface area contributed by atoms with Crippen molar-refractivity contribution in [2.45, 2.75) is 26.4 Å². The van der Waals surface area contributed by atoms with Crippen molar-refractivity contribution in [3.63, 3.8) is 0 Å². The summed E-state index contributed by atoms with van der Waals surface area (Å²) in [5, 5.41) is 0. The molecular formula is C21H22FN3O3. The molecule has 0 radical (unpaired) electrons. The molecule has 1 unspecified atom stereocenters. The van der Waals surface area contributed by atoms with Gasteiger partial charge in [0.25, 0.3) is 5.91 Å². The number of halogens is 1. The normalized spacial score (nSPS) is 16.6. The molecular weight excluding hydrogens is 361 g/mol. The summed E-state index contributed by atoms with van der Waals surface area (Å²) in [6.45, 7) is 3.51. The predicted octanol–water partition coefficient (Wildman–Crippen LogP) is 2.95. The lowest BCUT2D eigenvalue weighted by atomic mass is 10.2. The molecule has 3 rings (SSSR count). The Labute approximate surface area is 163 Å².